The standard InChI is InChI=1S/C23H21NO6S/c1-29-23(26)20-19(22(30-24-20)14-11-12-14)21(25)17-9-5-3-7-15(17)13-16-8-4-6-10-18(16)31(2,27)28/h3-10,14H,11-13H2,1-2H3. The van der Waals surface area contributed by atoms with Gasteiger partial charge in [0.25, 0.3) is 0 Å². The fourth-order valence-electron chi connectivity index (χ4n) is 3.63. The molecule has 0 unspecified atom stereocenters. The molecule has 31 heavy (non-hydrogen) atoms. The first-order valence-electron chi connectivity index (χ1n) is 9.79. The van der Waals surface area contributed by atoms with Crippen LogP contribution in [0.2, 0.25) is 0 Å². The molecule has 1 heterocycles. The van der Waals surface area contributed by atoms with Crippen molar-refractivity contribution in [3.8, 4) is 0 Å². The Morgan fingerprint density at radius 3 is 2.35 bits per heavy atom. The summed E-state index contributed by atoms with van der Waals surface area (Å²) in [7, 11) is -2.21. The molecule has 1 fully saturated rings. The molecule has 3 aromatic rings. The number of aromatic nitrogens is 1. The summed E-state index contributed by atoms with van der Waals surface area (Å²) in [5, 5.41) is 3.81. The predicted molar refractivity (Wildman–Crippen MR) is 112 cm³/mol. The first-order valence-corrected chi connectivity index (χ1v) is 11.7. The molecular weight excluding hydrogens is 418 g/mol. The highest BCUT2D eigenvalue weighted by Crippen LogP contribution is 2.43. The number of sulfone groups is 1. The van der Waals surface area contributed by atoms with Crippen molar-refractivity contribution >= 4 is 21.6 Å². The number of benzene rings is 2. The van der Waals surface area contributed by atoms with Crippen LogP contribution >= 0.6 is 0 Å². The normalized spacial score (nSPS) is 13.7. The predicted octanol–water partition coefficient (Wildman–Crippen LogP) is 3.56. The Balaban J connectivity index is 1.79. The average Bonchev–Trinajstić information content (AvgIpc) is 3.50. The SMILES string of the molecule is COC(=O)c1noc(C2CC2)c1C(=O)c1ccccc1Cc1ccccc1S(C)(=O)=O. The molecule has 7 nitrogen and oxygen atoms in total. The Bertz CT molecular complexity index is 1270. The summed E-state index contributed by atoms with van der Waals surface area (Å²) in [6, 6.07) is 13.6. The van der Waals surface area contributed by atoms with Crippen LogP contribution in [0.15, 0.2) is 57.9 Å². The number of ether oxygens (including phenoxy) is 1. The zero-order valence-corrected chi connectivity index (χ0v) is 17.9. The molecule has 1 aliphatic rings. The van der Waals surface area contributed by atoms with E-state index in [9.17, 15) is 18.0 Å². The molecule has 0 saturated heterocycles. The van der Waals surface area contributed by atoms with Gasteiger partial charge in [0.2, 0.25) is 5.69 Å². The fraction of sp³-hybridized carbons (Fsp3) is 0.261. The molecule has 0 aliphatic heterocycles. The van der Waals surface area contributed by atoms with E-state index in [0.717, 1.165) is 19.1 Å². The van der Waals surface area contributed by atoms with Gasteiger partial charge in [0.1, 0.15) is 5.56 Å². The van der Waals surface area contributed by atoms with Crippen LogP contribution in [0.1, 0.15) is 62.1 Å². The van der Waals surface area contributed by atoms with E-state index in [1.165, 1.54) is 7.11 Å². The third kappa shape index (κ3) is 4.16. The minimum absolute atomic E-state index is 0.0583. The van der Waals surface area contributed by atoms with Gasteiger partial charge in [0, 0.05) is 17.7 Å². The molecule has 0 radical (unpaired) electrons. The van der Waals surface area contributed by atoms with Crippen molar-refractivity contribution in [2.75, 3.05) is 13.4 Å². The molecule has 8 heteroatoms. The average molecular weight is 439 g/mol. The molecule has 1 aromatic heterocycles. The Morgan fingerprint density at radius 2 is 1.71 bits per heavy atom. The highest BCUT2D eigenvalue weighted by atomic mass is 32.2. The van der Waals surface area contributed by atoms with E-state index in [4.69, 9.17) is 9.26 Å². The van der Waals surface area contributed by atoms with Gasteiger partial charge in [-0.1, -0.05) is 47.6 Å². The summed E-state index contributed by atoms with van der Waals surface area (Å²) in [6.45, 7) is 0. The number of carbonyl (C=O) groups is 2. The summed E-state index contributed by atoms with van der Waals surface area (Å²) >= 11 is 0. The molecule has 0 amide bonds. The van der Waals surface area contributed by atoms with Crippen molar-refractivity contribution in [2.45, 2.75) is 30.1 Å². The van der Waals surface area contributed by atoms with Crippen LogP contribution in [0.5, 0.6) is 0 Å². The van der Waals surface area contributed by atoms with Gasteiger partial charge in [0.05, 0.1) is 12.0 Å². The highest BCUT2D eigenvalue weighted by Gasteiger charge is 2.37. The largest absolute Gasteiger partial charge is 0.464 e. The maximum absolute atomic E-state index is 13.6. The monoisotopic (exact) mass is 439 g/mol. The van der Waals surface area contributed by atoms with Gasteiger partial charge in [-0.15, -0.1) is 0 Å². The summed E-state index contributed by atoms with van der Waals surface area (Å²) in [4.78, 5) is 26.0. The zero-order valence-electron chi connectivity index (χ0n) is 17.1. The quantitative estimate of drug-likeness (QED) is 0.409. The molecule has 0 spiro atoms. The van der Waals surface area contributed by atoms with Gasteiger partial charge in [-0.2, -0.15) is 0 Å². The number of hydrogen-bond acceptors (Lipinski definition) is 7. The van der Waals surface area contributed by atoms with E-state index >= 15 is 0 Å². The van der Waals surface area contributed by atoms with E-state index < -0.39 is 21.6 Å². The third-order valence-electron chi connectivity index (χ3n) is 5.29. The lowest BCUT2D eigenvalue weighted by Gasteiger charge is -2.12. The topological polar surface area (TPSA) is 104 Å². The molecule has 1 saturated carbocycles. The number of esters is 1. The second-order valence-electron chi connectivity index (χ2n) is 7.58. The van der Waals surface area contributed by atoms with Gasteiger partial charge in [-0.05, 0) is 36.5 Å². The number of hydrogen-bond donors (Lipinski definition) is 0. The molecule has 4 rings (SSSR count). The molecule has 1 aliphatic carbocycles. The zero-order chi connectivity index (χ0) is 22.2. The van der Waals surface area contributed by atoms with Crippen molar-refractivity contribution in [3.63, 3.8) is 0 Å². The maximum Gasteiger partial charge on any atom is 0.361 e. The molecule has 160 valence electrons. The van der Waals surface area contributed by atoms with Crippen molar-refractivity contribution in [1.29, 1.82) is 0 Å². The molecular formula is C23H21NO6S. The number of ketones is 1. The number of nitrogens with zero attached hydrogens (tertiary/aromatic N) is 1. The number of carbonyl (C=O) groups excluding carboxylic acids is 2. The minimum Gasteiger partial charge on any atom is -0.464 e. The van der Waals surface area contributed by atoms with Crippen LogP contribution in [0.4, 0.5) is 0 Å². The summed E-state index contributed by atoms with van der Waals surface area (Å²) in [6.07, 6.45) is 3.12. The summed E-state index contributed by atoms with van der Waals surface area (Å²) in [5.41, 5.74) is 1.58. The molecule has 0 N–H and O–H groups in total. The van der Waals surface area contributed by atoms with Crippen molar-refractivity contribution in [1.82, 2.24) is 5.16 Å². The lowest BCUT2D eigenvalue weighted by atomic mass is 9.92. The number of methoxy groups -OCH3 is 1. The lowest BCUT2D eigenvalue weighted by molar-refractivity contribution is 0.0586. The molecule has 0 atom stereocenters. The van der Waals surface area contributed by atoms with Gasteiger partial charge in [0.15, 0.2) is 21.4 Å². The third-order valence-corrected chi connectivity index (χ3v) is 6.48. The lowest BCUT2D eigenvalue weighted by Crippen LogP contribution is -2.14. The molecule has 2 aromatic carbocycles. The van der Waals surface area contributed by atoms with Gasteiger partial charge in [-0.3, -0.25) is 4.79 Å². The summed E-state index contributed by atoms with van der Waals surface area (Å²) < 4.78 is 34.5. The van der Waals surface area contributed by atoms with Crippen LogP contribution < -0.4 is 0 Å². The van der Waals surface area contributed by atoms with Gasteiger partial charge < -0.3 is 9.26 Å². The van der Waals surface area contributed by atoms with Crippen LogP contribution in [0.3, 0.4) is 0 Å². The highest BCUT2D eigenvalue weighted by molar-refractivity contribution is 7.90. The second-order valence-corrected chi connectivity index (χ2v) is 9.56. The van der Waals surface area contributed by atoms with Crippen molar-refractivity contribution < 1.29 is 27.3 Å². The first kappa shape index (κ1) is 21.0. The second kappa shape index (κ2) is 8.11. The first-order chi connectivity index (χ1) is 14.8. The van der Waals surface area contributed by atoms with Crippen LogP contribution in [-0.2, 0) is 21.0 Å². The van der Waals surface area contributed by atoms with Crippen molar-refractivity contribution in [3.05, 3.63) is 82.2 Å². The van der Waals surface area contributed by atoms with Crippen molar-refractivity contribution in [2.24, 2.45) is 0 Å². The fourth-order valence-corrected chi connectivity index (χ4v) is 4.57. The van der Waals surface area contributed by atoms with E-state index in [1.807, 2.05) is 0 Å². The smallest absolute Gasteiger partial charge is 0.361 e. The van der Waals surface area contributed by atoms with Gasteiger partial charge >= 0.3 is 5.97 Å². The van der Waals surface area contributed by atoms with Gasteiger partial charge in [-0.25, -0.2) is 13.2 Å². The maximum atomic E-state index is 13.6. The van der Waals surface area contributed by atoms with Crippen LogP contribution in [0, 0.1) is 0 Å². The Labute approximate surface area is 179 Å². The Morgan fingerprint density at radius 1 is 1.06 bits per heavy atom. The van der Waals surface area contributed by atoms with E-state index in [1.54, 1.807) is 48.5 Å². The van der Waals surface area contributed by atoms with E-state index in [-0.39, 0.29) is 28.5 Å². The van der Waals surface area contributed by atoms with Crippen LogP contribution in [0.25, 0.3) is 0 Å². The molecule has 0 bridgehead atoms. The van der Waals surface area contributed by atoms with E-state index in [2.05, 4.69) is 5.16 Å². The van der Waals surface area contributed by atoms with Crippen LogP contribution in [-0.4, -0.2) is 38.7 Å². The number of rotatable bonds is 7. The van der Waals surface area contributed by atoms with E-state index in [0.29, 0.717) is 22.5 Å². The summed E-state index contributed by atoms with van der Waals surface area (Å²) in [5.74, 6) is -0.672. The Kier molecular flexibility index (Phi) is 5.49. The minimum atomic E-state index is -3.43. The Hall–Kier alpha value is -3.26.